The van der Waals surface area contributed by atoms with Gasteiger partial charge >= 0.3 is 5.97 Å². The lowest BCUT2D eigenvalue weighted by atomic mass is 9.84. The highest BCUT2D eigenvalue weighted by Gasteiger charge is 2.38. The van der Waals surface area contributed by atoms with Gasteiger partial charge in [0.2, 0.25) is 0 Å². The maximum atomic E-state index is 12.4. The van der Waals surface area contributed by atoms with E-state index in [1.165, 1.54) is 12.3 Å². The molecule has 1 aliphatic carbocycles. The molecule has 1 aromatic heterocycles. The molecule has 1 N–H and O–H groups in total. The van der Waals surface area contributed by atoms with Gasteiger partial charge in [0.25, 0.3) is 0 Å². The van der Waals surface area contributed by atoms with Crippen molar-refractivity contribution < 1.29 is 24.1 Å². The monoisotopic (exact) mass is 399 g/mol. The first-order valence-electron chi connectivity index (χ1n) is 9.88. The summed E-state index contributed by atoms with van der Waals surface area (Å²) in [6.07, 6.45) is 5.31. The van der Waals surface area contributed by atoms with Crippen LogP contribution in [0.3, 0.4) is 0 Å². The van der Waals surface area contributed by atoms with Crippen LogP contribution in [0, 0.1) is 0 Å². The normalized spacial score (nSPS) is 19.2. The second-order valence-electron chi connectivity index (χ2n) is 7.54. The molecule has 29 heavy (non-hydrogen) atoms. The van der Waals surface area contributed by atoms with Crippen LogP contribution in [0.25, 0.3) is 11.3 Å². The molecule has 0 radical (unpaired) electrons. The highest BCUT2D eigenvalue weighted by molar-refractivity contribution is 5.88. The highest BCUT2D eigenvalue weighted by atomic mass is 16.5. The first-order valence-corrected chi connectivity index (χ1v) is 9.88. The van der Waals surface area contributed by atoms with Crippen molar-refractivity contribution >= 4 is 5.97 Å². The quantitative estimate of drug-likeness (QED) is 0.718. The number of methoxy groups -OCH3 is 2. The summed E-state index contributed by atoms with van der Waals surface area (Å²) >= 11 is 0. The van der Waals surface area contributed by atoms with E-state index < -0.39 is 11.4 Å². The zero-order valence-corrected chi connectivity index (χ0v) is 16.6. The molecule has 2 aliphatic rings. The minimum Gasteiger partial charge on any atom is -0.493 e. The molecule has 1 aliphatic heterocycles. The Morgan fingerprint density at radius 1 is 1.17 bits per heavy atom. The summed E-state index contributed by atoms with van der Waals surface area (Å²) in [6, 6.07) is 5.52. The number of carboxylic acid groups (broad SMARTS) is 1. The number of hydrogen-bond donors (Lipinski definition) is 1. The standard InChI is InChI=1S/C22H25NO6/c1-27-7-4-8-29-21-9-14-13-5-3-6-17(13)23-12-16(22(25)26)19(24)11-18(23)15(14)10-20(21)28-2/h9-13,17H,3-8H2,1-2H3,(H,25,26). The van der Waals surface area contributed by atoms with Crippen LogP contribution in [-0.4, -0.2) is 43.1 Å². The van der Waals surface area contributed by atoms with E-state index in [4.69, 9.17) is 14.2 Å². The topological polar surface area (TPSA) is 87.0 Å². The van der Waals surface area contributed by atoms with E-state index in [-0.39, 0.29) is 17.5 Å². The fraction of sp³-hybridized carbons (Fsp3) is 0.455. The van der Waals surface area contributed by atoms with Crippen LogP contribution < -0.4 is 14.9 Å². The summed E-state index contributed by atoms with van der Waals surface area (Å²) in [5.41, 5.74) is 2.11. The predicted octanol–water partition coefficient (Wildman–Crippen LogP) is 3.46. The maximum Gasteiger partial charge on any atom is 0.341 e. The van der Waals surface area contributed by atoms with Gasteiger partial charge in [-0.15, -0.1) is 0 Å². The van der Waals surface area contributed by atoms with E-state index in [9.17, 15) is 14.7 Å². The minimum atomic E-state index is -1.19. The summed E-state index contributed by atoms with van der Waals surface area (Å²) < 4.78 is 18.6. The van der Waals surface area contributed by atoms with Gasteiger partial charge in [-0.2, -0.15) is 0 Å². The fourth-order valence-corrected chi connectivity index (χ4v) is 4.60. The number of hydrogen-bond acceptors (Lipinski definition) is 5. The molecule has 0 bridgehead atoms. The first kappa shape index (κ1) is 19.5. The predicted molar refractivity (Wildman–Crippen MR) is 107 cm³/mol. The lowest BCUT2D eigenvalue weighted by Gasteiger charge is -2.34. The van der Waals surface area contributed by atoms with E-state index in [0.717, 1.165) is 42.5 Å². The number of nitrogens with zero attached hydrogens (tertiary/aromatic N) is 1. The van der Waals surface area contributed by atoms with Crippen molar-refractivity contribution in [3.05, 3.63) is 45.7 Å². The molecule has 7 heteroatoms. The Bertz CT molecular complexity index is 996. The van der Waals surface area contributed by atoms with E-state index in [2.05, 4.69) is 0 Å². The molecule has 2 heterocycles. The lowest BCUT2D eigenvalue weighted by Crippen LogP contribution is -2.26. The Morgan fingerprint density at radius 2 is 2.00 bits per heavy atom. The molecule has 0 spiro atoms. The highest BCUT2D eigenvalue weighted by Crippen LogP contribution is 2.52. The van der Waals surface area contributed by atoms with Crippen LogP contribution in [0.15, 0.2) is 29.2 Å². The number of carbonyl (C=O) groups is 1. The van der Waals surface area contributed by atoms with Gasteiger partial charge in [-0.05, 0) is 30.5 Å². The number of benzene rings is 1. The van der Waals surface area contributed by atoms with Crippen LogP contribution in [0.4, 0.5) is 0 Å². The fourth-order valence-electron chi connectivity index (χ4n) is 4.60. The van der Waals surface area contributed by atoms with Crippen molar-refractivity contribution in [2.24, 2.45) is 0 Å². The average molecular weight is 399 g/mol. The van der Waals surface area contributed by atoms with Crippen molar-refractivity contribution in [3.8, 4) is 22.8 Å². The molecule has 7 nitrogen and oxygen atoms in total. The second-order valence-corrected chi connectivity index (χ2v) is 7.54. The van der Waals surface area contributed by atoms with Crippen LogP contribution in [0.1, 0.15) is 53.6 Å². The van der Waals surface area contributed by atoms with Gasteiger partial charge < -0.3 is 23.9 Å². The molecule has 1 fully saturated rings. The van der Waals surface area contributed by atoms with Gasteiger partial charge in [0, 0.05) is 49.9 Å². The molecular formula is C22H25NO6. The van der Waals surface area contributed by atoms with Gasteiger partial charge in [0.1, 0.15) is 5.56 Å². The molecular weight excluding hydrogens is 374 g/mol. The van der Waals surface area contributed by atoms with Crippen LogP contribution in [0.2, 0.25) is 0 Å². The number of aromatic nitrogens is 1. The number of rotatable bonds is 7. The zero-order chi connectivity index (χ0) is 20.5. The Morgan fingerprint density at radius 3 is 2.72 bits per heavy atom. The summed E-state index contributed by atoms with van der Waals surface area (Å²) in [4.78, 5) is 23.9. The molecule has 2 unspecified atom stereocenters. The summed E-state index contributed by atoms with van der Waals surface area (Å²) in [5.74, 6) is 0.349. The van der Waals surface area contributed by atoms with Crippen LogP contribution in [-0.2, 0) is 4.74 Å². The SMILES string of the molecule is COCCCOc1cc2c(cc1OC)-c1cc(=O)c(C(=O)O)cn1C1CCCC21. The minimum absolute atomic E-state index is 0.144. The molecule has 0 saturated heterocycles. The van der Waals surface area contributed by atoms with E-state index in [0.29, 0.717) is 24.7 Å². The number of ether oxygens (including phenoxy) is 3. The van der Waals surface area contributed by atoms with Gasteiger partial charge in [-0.3, -0.25) is 4.79 Å². The molecule has 154 valence electrons. The molecule has 2 atom stereocenters. The lowest BCUT2D eigenvalue weighted by molar-refractivity contribution is 0.0694. The number of carboxylic acids is 1. The average Bonchev–Trinajstić information content (AvgIpc) is 3.20. The van der Waals surface area contributed by atoms with E-state index in [1.807, 2.05) is 16.7 Å². The zero-order valence-electron chi connectivity index (χ0n) is 16.6. The van der Waals surface area contributed by atoms with Gasteiger partial charge in [-0.1, -0.05) is 6.42 Å². The largest absolute Gasteiger partial charge is 0.493 e. The van der Waals surface area contributed by atoms with Gasteiger partial charge in [-0.25, -0.2) is 4.79 Å². The van der Waals surface area contributed by atoms with Gasteiger partial charge in [0.05, 0.1) is 19.4 Å². The third kappa shape index (κ3) is 3.40. The molecule has 1 saturated carbocycles. The summed E-state index contributed by atoms with van der Waals surface area (Å²) in [6.45, 7) is 1.15. The maximum absolute atomic E-state index is 12.4. The summed E-state index contributed by atoms with van der Waals surface area (Å²) in [7, 11) is 3.25. The number of fused-ring (bicyclic) bond motifs is 6. The van der Waals surface area contributed by atoms with Crippen molar-refractivity contribution in [1.29, 1.82) is 0 Å². The molecule has 1 aromatic carbocycles. The Labute approximate surface area is 168 Å². The van der Waals surface area contributed by atoms with Crippen LogP contribution in [0.5, 0.6) is 11.5 Å². The Hall–Kier alpha value is -2.80. The Balaban J connectivity index is 1.83. The smallest absolute Gasteiger partial charge is 0.341 e. The van der Waals surface area contributed by atoms with Crippen molar-refractivity contribution in [3.63, 3.8) is 0 Å². The van der Waals surface area contributed by atoms with Crippen molar-refractivity contribution in [2.75, 3.05) is 27.4 Å². The molecule has 0 amide bonds. The Kier molecular flexibility index (Phi) is 5.32. The first-order chi connectivity index (χ1) is 14.0. The van der Waals surface area contributed by atoms with E-state index >= 15 is 0 Å². The number of pyridine rings is 1. The molecule has 4 rings (SSSR count). The van der Waals surface area contributed by atoms with E-state index in [1.54, 1.807) is 14.2 Å². The van der Waals surface area contributed by atoms with Crippen molar-refractivity contribution in [2.45, 2.75) is 37.6 Å². The summed E-state index contributed by atoms with van der Waals surface area (Å²) in [5, 5.41) is 9.38. The van der Waals surface area contributed by atoms with Crippen molar-refractivity contribution in [1.82, 2.24) is 4.57 Å². The second kappa shape index (κ2) is 7.91. The van der Waals surface area contributed by atoms with Crippen LogP contribution >= 0.6 is 0 Å². The van der Waals surface area contributed by atoms with Gasteiger partial charge in [0.15, 0.2) is 16.9 Å². The molecule has 2 aromatic rings. The third-order valence-corrected chi connectivity index (χ3v) is 5.91. The number of aromatic carboxylic acids is 1. The third-order valence-electron chi connectivity index (χ3n) is 5.91.